The molecule has 3 atom stereocenters. The number of halogens is 3. The van der Waals surface area contributed by atoms with E-state index in [4.69, 9.17) is 0 Å². The number of hydrogen-bond donors (Lipinski definition) is 1. The van der Waals surface area contributed by atoms with Crippen molar-refractivity contribution in [3.8, 4) is 0 Å². The first kappa shape index (κ1) is 14.9. The highest BCUT2D eigenvalue weighted by atomic mass is 19.4. The quantitative estimate of drug-likeness (QED) is 0.921. The van der Waals surface area contributed by atoms with Crippen molar-refractivity contribution < 1.29 is 13.2 Å². The standard InChI is InChI=1S/C15H22F3N3/c1-21-9-12(8-19-21)14(15(16,17)18)20-13-4-2-3-11(7-13)10-5-6-10/h8-11,13-14,20H,2-7H2,1H3. The molecule has 3 rings (SSSR count). The van der Waals surface area contributed by atoms with Gasteiger partial charge in [0, 0.05) is 24.8 Å². The second kappa shape index (κ2) is 5.63. The van der Waals surface area contributed by atoms with Crippen LogP contribution in [-0.2, 0) is 7.05 Å². The van der Waals surface area contributed by atoms with Crippen molar-refractivity contribution in [3.63, 3.8) is 0 Å². The van der Waals surface area contributed by atoms with Gasteiger partial charge in [0.1, 0.15) is 6.04 Å². The first-order valence-corrected chi connectivity index (χ1v) is 7.75. The number of aromatic nitrogens is 2. The summed E-state index contributed by atoms with van der Waals surface area (Å²) in [4.78, 5) is 0. The van der Waals surface area contributed by atoms with Crippen molar-refractivity contribution in [2.45, 2.75) is 56.8 Å². The highest BCUT2D eigenvalue weighted by molar-refractivity contribution is 5.13. The van der Waals surface area contributed by atoms with Crippen LogP contribution in [0.3, 0.4) is 0 Å². The van der Waals surface area contributed by atoms with Crippen LogP contribution in [0.1, 0.15) is 50.1 Å². The lowest BCUT2D eigenvalue weighted by atomic mass is 9.82. The summed E-state index contributed by atoms with van der Waals surface area (Å²) in [6.45, 7) is 0. The summed E-state index contributed by atoms with van der Waals surface area (Å²) in [5.41, 5.74) is 0.207. The Balaban J connectivity index is 1.69. The normalized spacial score (nSPS) is 28.6. The van der Waals surface area contributed by atoms with E-state index >= 15 is 0 Å². The van der Waals surface area contributed by atoms with Gasteiger partial charge in [-0.15, -0.1) is 0 Å². The van der Waals surface area contributed by atoms with Crippen LogP contribution in [0.4, 0.5) is 13.2 Å². The lowest BCUT2D eigenvalue weighted by Gasteiger charge is -2.33. The second-order valence-corrected chi connectivity index (χ2v) is 6.55. The minimum Gasteiger partial charge on any atom is -0.300 e. The third kappa shape index (κ3) is 3.59. The third-order valence-electron chi connectivity index (χ3n) is 4.79. The zero-order valence-electron chi connectivity index (χ0n) is 12.2. The molecule has 0 spiro atoms. The van der Waals surface area contributed by atoms with Gasteiger partial charge in [-0.25, -0.2) is 0 Å². The molecule has 1 N–H and O–H groups in total. The Morgan fingerprint density at radius 1 is 1.24 bits per heavy atom. The van der Waals surface area contributed by atoms with Crippen LogP contribution in [0.5, 0.6) is 0 Å². The Morgan fingerprint density at radius 2 is 2.00 bits per heavy atom. The third-order valence-corrected chi connectivity index (χ3v) is 4.79. The molecule has 2 aliphatic carbocycles. The predicted octanol–water partition coefficient (Wildman–Crippen LogP) is 3.58. The first-order chi connectivity index (χ1) is 9.93. The van der Waals surface area contributed by atoms with Gasteiger partial charge in [0.25, 0.3) is 0 Å². The molecular formula is C15H22F3N3. The van der Waals surface area contributed by atoms with Gasteiger partial charge in [0.2, 0.25) is 0 Å². The maximum absolute atomic E-state index is 13.3. The molecule has 2 fully saturated rings. The molecule has 0 amide bonds. The summed E-state index contributed by atoms with van der Waals surface area (Å²) in [6, 6.07) is -1.63. The fraction of sp³-hybridized carbons (Fsp3) is 0.800. The van der Waals surface area contributed by atoms with Crippen molar-refractivity contribution in [1.82, 2.24) is 15.1 Å². The molecule has 3 nitrogen and oxygen atoms in total. The van der Waals surface area contributed by atoms with E-state index in [0.717, 1.165) is 25.2 Å². The number of nitrogens with one attached hydrogen (secondary N) is 1. The maximum atomic E-state index is 13.3. The zero-order chi connectivity index (χ0) is 15.0. The molecule has 2 saturated carbocycles. The van der Waals surface area contributed by atoms with Crippen molar-refractivity contribution in [3.05, 3.63) is 18.0 Å². The van der Waals surface area contributed by atoms with E-state index in [0.29, 0.717) is 5.92 Å². The highest BCUT2D eigenvalue weighted by Crippen LogP contribution is 2.44. The average molecular weight is 301 g/mol. The summed E-state index contributed by atoms with van der Waals surface area (Å²) in [6.07, 6.45) is 4.97. The van der Waals surface area contributed by atoms with Gasteiger partial charge >= 0.3 is 6.18 Å². The lowest BCUT2D eigenvalue weighted by Crippen LogP contribution is -2.43. The van der Waals surface area contributed by atoms with Gasteiger partial charge in [-0.2, -0.15) is 18.3 Å². The topological polar surface area (TPSA) is 29.9 Å². The van der Waals surface area contributed by atoms with Gasteiger partial charge in [-0.05, 0) is 37.5 Å². The molecule has 1 aromatic rings. The summed E-state index contributed by atoms with van der Waals surface area (Å²) < 4.78 is 41.4. The molecule has 118 valence electrons. The van der Waals surface area contributed by atoms with Crippen molar-refractivity contribution in [2.24, 2.45) is 18.9 Å². The average Bonchev–Trinajstić information content (AvgIpc) is 3.18. The van der Waals surface area contributed by atoms with Gasteiger partial charge in [-0.1, -0.05) is 12.8 Å². The fourth-order valence-corrected chi connectivity index (χ4v) is 3.58. The number of nitrogens with zero attached hydrogens (tertiary/aromatic N) is 2. The molecule has 1 aromatic heterocycles. The van der Waals surface area contributed by atoms with Crippen LogP contribution < -0.4 is 5.32 Å². The van der Waals surface area contributed by atoms with Crippen LogP contribution in [-0.4, -0.2) is 22.0 Å². The number of rotatable bonds is 4. The van der Waals surface area contributed by atoms with Crippen molar-refractivity contribution >= 4 is 0 Å². The summed E-state index contributed by atoms with van der Waals surface area (Å²) in [7, 11) is 1.64. The zero-order valence-corrected chi connectivity index (χ0v) is 12.2. The lowest BCUT2D eigenvalue weighted by molar-refractivity contribution is -0.160. The molecule has 1 heterocycles. The summed E-state index contributed by atoms with van der Waals surface area (Å²) in [5.74, 6) is 1.40. The SMILES string of the molecule is Cn1cc(C(NC2CCCC(C3CC3)C2)C(F)(F)F)cn1. The van der Waals surface area contributed by atoms with Crippen LogP contribution >= 0.6 is 0 Å². The minimum absolute atomic E-state index is 0.0313. The van der Waals surface area contributed by atoms with E-state index in [9.17, 15) is 13.2 Å². The second-order valence-electron chi connectivity index (χ2n) is 6.55. The van der Waals surface area contributed by atoms with Crippen LogP contribution in [0.25, 0.3) is 0 Å². The van der Waals surface area contributed by atoms with Crippen molar-refractivity contribution in [2.75, 3.05) is 0 Å². The Bertz CT molecular complexity index is 479. The Kier molecular flexibility index (Phi) is 3.99. The predicted molar refractivity (Wildman–Crippen MR) is 73.6 cm³/mol. The van der Waals surface area contributed by atoms with Gasteiger partial charge in [-0.3, -0.25) is 10.00 Å². The summed E-state index contributed by atoms with van der Waals surface area (Å²) in [5, 5.41) is 6.73. The van der Waals surface area contributed by atoms with E-state index in [-0.39, 0.29) is 11.6 Å². The highest BCUT2D eigenvalue weighted by Gasteiger charge is 2.44. The largest absolute Gasteiger partial charge is 0.408 e. The van der Waals surface area contributed by atoms with Gasteiger partial charge < -0.3 is 0 Å². The van der Waals surface area contributed by atoms with E-state index < -0.39 is 12.2 Å². The molecule has 0 bridgehead atoms. The number of hydrogen-bond acceptors (Lipinski definition) is 2. The number of aryl methyl sites for hydroxylation is 1. The molecule has 3 unspecified atom stereocenters. The molecule has 0 radical (unpaired) electrons. The molecule has 2 aliphatic rings. The molecule has 0 aromatic carbocycles. The first-order valence-electron chi connectivity index (χ1n) is 7.75. The Labute approximate surface area is 122 Å². The maximum Gasteiger partial charge on any atom is 0.408 e. The van der Waals surface area contributed by atoms with Crippen LogP contribution in [0, 0.1) is 11.8 Å². The Morgan fingerprint density at radius 3 is 2.57 bits per heavy atom. The van der Waals surface area contributed by atoms with E-state index in [2.05, 4.69) is 10.4 Å². The molecule has 0 saturated heterocycles. The van der Waals surface area contributed by atoms with Crippen molar-refractivity contribution in [1.29, 1.82) is 0 Å². The summed E-state index contributed by atoms with van der Waals surface area (Å²) >= 11 is 0. The van der Waals surface area contributed by atoms with Crippen LogP contribution in [0.15, 0.2) is 12.4 Å². The van der Waals surface area contributed by atoms with E-state index in [1.54, 1.807) is 7.05 Å². The number of alkyl halides is 3. The van der Waals surface area contributed by atoms with Gasteiger partial charge in [0.05, 0.1) is 6.20 Å². The minimum atomic E-state index is -4.28. The smallest absolute Gasteiger partial charge is 0.300 e. The molecule has 21 heavy (non-hydrogen) atoms. The van der Waals surface area contributed by atoms with E-state index in [1.807, 2.05) is 0 Å². The Hall–Kier alpha value is -1.04. The fourth-order valence-electron chi connectivity index (χ4n) is 3.58. The monoisotopic (exact) mass is 301 g/mol. The molecular weight excluding hydrogens is 279 g/mol. The van der Waals surface area contributed by atoms with Gasteiger partial charge in [0.15, 0.2) is 0 Å². The van der Waals surface area contributed by atoms with E-state index in [1.165, 1.54) is 36.3 Å². The van der Waals surface area contributed by atoms with Crippen LogP contribution in [0.2, 0.25) is 0 Å². The molecule has 6 heteroatoms. The molecule has 0 aliphatic heterocycles.